The summed E-state index contributed by atoms with van der Waals surface area (Å²) in [7, 11) is -3.90. The molecule has 0 radical (unpaired) electrons. The zero-order chi connectivity index (χ0) is 16.0. The summed E-state index contributed by atoms with van der Waals surface area (Å²) in [6.07, 6.45) is -6.14. The molecule has 0 spiro atoms. The maximum Gasteiger partial charge on any atom is 0.471 e. The van der Waals surface area contributed by atoms with E-state index in [4.69, 9.17) is 14.2 Å². The van der Waals surface area contributed by atoms with Gasteiger partial charge < -0.3 is 19.5 Å². The van der Waals surface area contributed by atoms with Crippen molar-refractivity contribution in [1.29, 1.82) is 0 Å². The first-order valence-electron chi connectivity index (χ1n) is 5.54. The van der Waals surface area contributed by atoms with Crippen molar-refractivity contribution >= 4 is 19.5 Å². The van der Waals surface area contributed by atoms with Crippen molar-refractivity contribution in [1.82, 2.24) is 5.32 Å². The number of hydrogen-bond donors (Lipinski definition) is 2. The van der Waals surface area contributed by atoms with Gasteiger partial charge in [-0.3, -0.25) is 9.36 Å². The van der Waals surface area contributed by atoms with Gasteiger partial charge in [-0.1, -0.05) is 0 Å². The van der Waals surface area contributed by atoms with E-state index in [2.05, 4.69) is 0 Å². The lowest BCUT2D eigenvalue weighted by Gasteiger charge is -2.21. The lowest BCUT2D eigenvalue weighted by atomic mass is 10.3. The number of amides is 1. The molecule has 0 fully saturated rings. The Kier molecular flexibility index (Phi) is 7.18. The maximum atomic E-state index is 12.1. The Balaban J connectivity index is 4.97. The van der Waals surface area contributed by atoms with Crippen molar-refractivity contribution in [3.05, 3.63) is 0 Å². The zero-order valence-electron chi connectivity index (χ0n) is 10.8. The highest BCUT2D eigenvalue weighted by atomic mass is 31.2. The summed E-state index contributed by atoms with van der Waals surface area (Å²) < 4.78 is 57.7. The Hall–Kier alpha value is -1.12. The third-order valence-corrected chi connectivity index (χ3v) is 4.03. The number of alkyl halides is 3. The summed E-state index contributed by atoms with van der Waals surface area (Å²) >= 11 is 0. The van der Waals surface area contributed by atoms with Crippen molar-refractivity contribution < 1.29 is 41.5 Å². The SMILES string of the molecule is CCOP(=O)(CC(NC(=O)C(F)(F)F)C(=O)O)OCC. The van der Waals surface area contributed by atoms with Gasteiger partial charge in [-0.05, 0) is 13.8 Å². The molecule has 0 aromatic carbocycles. The molecule has 0 saturated carbocycles. The molecule has 0 aliphatic carbocycles. The number of carbonyl (C=O) groups excluding carboxylic acids is 1. The van der Waals surface area contributed by atoms with Gasteiger partial charge in [0, 0.05) is 0 Å². The Morgan fingerprint density at radius 1 is 1.25 bits per heavy atom. The van der Waals surface area contributed by atoms with Gasteiger partial charge in [0.1, 0.15) is 6.04 Å². The number of hydrogen-bond acceptors (Lipinski definition) is 5. The molecule has 7 nitrogen and oxygen atoms in total. The zero-order valence-corrected chi connectivity index (χ0v) is 11.7. The van der Waals surface area contributed by atoms with Gasteiger partial charge in [-0.25, -0.2) is 4.79 Å². The van der Waals surface area contributed by atoms with E-state index in [0.29, 0.717) is 0 Å². The lowest BCUT2D eigenvalue weighted by Crippen LogP contribution is -2.48. The fourth-order valence-corrected chi connectivity index (χ4v) is 2.95. The molecule has 0 aromatic heterocycles. The van der Waals surface area contributed by atoms with Gasteiger partial charge in [0.05, 0.1) is 19.4 Å². The van der Waals surface area contributed by atoms with Gasteiger partial charge in [-0.2, -0.15) is 13.2 Å². The average Bonchev–Trinajstić information content (AvgIpc) is 2.26. The van der Waals surface area contributed by atoms with E-state index in [9.17, 15) is 27.3 Å². The molecule has 0 rings (SSSR count). The van der Waals surface area contributed by atoms with Crippen molar-refractivity contribution in [2.24, 2.45) is 0 Å². The van der Waals surface area contributed by atoms with E-state index in [1.807, 2.05) is 0 Å². The predicted octanol–water partition coefficient (Wildman–Crippen LogP) is 1.38. The van der Waals surface area contributed by atoms with Gasteiger partial charge in [-0.15, -0.1) is 0 Å². The second-order valence-electron chi connectivity index (χ2n) is 3.49. The first kappa shape index (κ1) is 18.9. The van der Waals surface area contributed by atoms with Crippen LogP contribution in [0.4, 0.5) is 13.2 Å². The largest absolute Gasteiger partial charge is 0.480 e. The van der Waals surface area contributed by atoms with Gasteiger partial charge in [0.2, 0.25) is 0 Å². The Bertz CT molecular complexity index is 390. The number of halogens is 3. The standard InChI is InChI=1S/C9H15F3NO6P/c1-3-18-20(17,19-4-2)5-6(7(14)15)13-8(16)9(10,11)12/h6H,3-5H2,1-2H3,(H,13,16)(H,14,15). The van der Waals surface area contributed by atoms with Crippen LogP contribution < -0.4 is 5.32 Å². The third kappa shape index (κ3) is 6.36. The monoisotopic (exact) mass is 321 g/mol. The number of carbonyl (C=O) groups is 2. The molecule has 0 aliphatic rings. The highest BCUT2D eigenvalue weighted by Gasteiger charge is 2.42. The molecule has 0 aromatic rings. The van der Waals surface area contributed by atoms with Crippen LogP contribution in [0, 0.1) is 0 Å². The molecule has 2 N–H and O–H groups in total. The Morgan fingerprint density at radius 2 is 1.70 bits per heavy atom. The molecule has 0 heterocycles. The van der Waals surface area contributed by atoms with Crippen LogP contribution >= 0.6 is 7.60 Å². The van der Waals surface area contributed by atoms with E-state index in [-0.39, 0.29) is 13.2 Å². The molecular weight excluding hydrogens is 306 g/mol. The quantitative estimate of drug-likeness (QED) is 0.655. The summed E-state index contributed by atoms with van der Waals surface area (Å²) in [6.45, 7) is 2.74. The van der Waals surface area contributed by atoms with Crippen LogP contribution in [0.2, 0.25) is 0 Å². The number of aliphatic carboxylic acids is 1. The minimum absolute atomic E-state index is 0.0865. The molecule has 1 amide bonds. The van der Waals surface area contributed by atoms with Crippen molar-refractivity contribution in [2.75, 3.05) is 19.4 Å². The molecule has 20 heavy (non-hydrogen) atoms. The summed E-state index contributed by atoms with van der Waals surface area (Å²) in [5, 5.41) is 10.0. The van der Waals surface area contributed by atoms with Crippen LogP contribution in [0.15, 0.2) is 0 Å². The van der Waals surface area contributed by atoms with Crippen LogP contribution in [0.5, 0.6) is 0 Å². The molecule has 11 heteroatoms. The predicted molar refractivity (Wildman–Crippen MR) is 61.3 cm³/mol. The number of nitrogens with one attached hydrogen (secondary N) is 1. The number of carboxylic acid groups (broad SMARTS) is 1. The Labute approximate surface area is 113 Å². The van der Waals surface area contributed by atoms with Crippen molar-refractivity contribution in [3.8, 4) is 0 Å². The normalized spacial score (nSPS) is 13.8. The molecule has 1 unspecified atom stereocenters. The lowest BCUT2D eigenvalue weighted by molar-refractivity contribution is -0.175. The third-order valence-electron chi connectivity index (χ3n) is 1.92. The summed E-state index contributed by atoms with van der Waals surface area (Å²) in [6, 6.07) is -2.03. The average molecular weight is 321 g/mol. The molecule has 0 aliphatic heterocycles. The molecule has 0 bridgehead atoms. The minimum Gasteiger partial charge on any atom is -0.480 e. The fraction of sp³-hybridized carbons (Fsp3) is 0.778. The number of carboxylic acids is 1. The summed E-state index contributed by atoms with van der Waals surface area (Å²) in [4.78, 5) is 21.5. The van der Waals surface area contributed by atoms with Crippen LogP contribution in [-0.4, -0.2) is 48.6 Å². The van der Waals surface area contributed by atoms with E-state index in [1.165, 1.54) is 19.2 Å². The summed E-state index contributed by atoms with van der Waals surface area (Å²) in [5.41, 5.74) is 0. The first-order chi connectivity index (χ1) is 9.05. The first-order valence-corrected chi connectivity index (χ1v) is 7.27. The molecular formula is C9H15F3NO6P. The van der Waals surface area contributed by atoms with E-state index >= 15 is 0 Å². The second kappa shape index (κ2) is 7.61. The van der Waals surface area contributed by atoms with E-state index in [0.717, 1.165) is 0 Å². The maximum absolute atomic E-state index is 12.1. The van der Waals surface area contributed by atoms with Crippen LogP contribution in [0.1, 0.15) is 13.8 Å². The fourth-order valence-electron chi connectivity index (χ4n) is 1.19. The van der Waals surface area contributed by atoms with Crippen LogP contribution in [0.25, 0.3) is 0 Å². The topological polar surface area (TPSA) is 102 Å². The molecule has 1 atom stereocenters. The van der Waals surface area contributed by atoms with E-state index in [1.54, 1.807) is 0 Å². The van der Waals surface area contributed by atoms with Gasteiger partial charge in [0.15, 0.2) is 0 Å². The summed E-state index contributed by atoms with van der Waals surface area (Å²) in [5.74, 6) is -4.22. The highest BCUT2D eigenvalue weighted by Crippen LogP contribution is 2.48. The molecule has 0 saturated heterocycles. The highest BCUT2D eigenvalue weighted by molar-refractivity contribution is 7.54. The Morgan fingerprint density at radius 3 is 2.00 bits per heavy atom. The number of rotatable bonds is 8. The second-order valence-corrected chi connectivity index (χ2v) is 5.59. The smallest absolute Gasteiger partial charge is 0.471 e. The van der Waals surface area contributed by atoms with Gasteiger partial charge in [0.25, 0.3) is 0 Å². The van der Waals surface area contributed by atoms with E-state index < -0.39 is 37.9 Å². The van der Waals surface area contributed by atoms with Gasteiger partial charge >= 0.3 is 25.6 Å². The molecule has 118 valence electrons. The minimum atomic E-state index is -5.24. The van der Waals surface area contributed by atoms with Crippen LogP contribution in [-0.2, 0) is 23.2 Å². The van der Waals surface area contributed by atoms with Crippen LogP contribution in [0.3, 0.4) is 0 Å². The van der Waals surface area contributed by atoms with Crippen molar-refractivity contribution in [3.63, 3.8) is 0 Å². The van der Waals surface area contributed by atoms with Crippen molar-refractivity contribution in [2.45, 2.75) is 26.1 Å².